The van der Waals surface area contributed by atoms with Crippen LogP contribution in [0.5, 0.6) is 5.75 Å². The smallest absolute Gasteiger partial charge is 0.262 e. The Hall–Kier alpha value is -2.54. The molecule has 2 aromatic carbocycles. The minimum atomic E-state index is -3.74. The Morgan fingerprint density at radius 2 is 1.83 bits per heavy atom. The number of carbonyl (C=O) groups excluding carboxylic acids is 1. The van der Waals surface area contributed by atoms with Crippen molar-refractivity contribution in [3.05, 3.63) is 53.6 Å². The number of amides is 1. The molecule has 0 radical (unpaired) electrons. The van der Waals surface area contributed by atoms with Crippen LogP contribution in [0.4, 0.5) is 5.69 Å². The lowest BCUT2D eigenvalue weighted by atomic mass is 10.1. The maximum atomic E-state index is 12.6. The third-order valence-electron chi connectivity index (χ3n) is 3.53. The molecule has 24 heavy (non-hydrogen) atoms. The van der Waals surface area contributed by atoms with Gasteiger partial charge in [-0.25, -0.2) is 8.42 Å². The molecule has 0 atom stereocenters. The number of rotatable bonds is 7. The van der Waals surface area contributed by atoms with Crippen LogP contribution < -0.4 is 15.2 Å². The number of aryl methyl sites for hydroxylation is 2. The van der Waals surface area contributed by atoms with E-state index >= 15 is 0 Å². The first-order valence-corrected chi connectivity index (χ1v) is 8.88. The number of ether oxygens (including phenoxy) is 1. The highest BCUT2D eigenvalue weighted by Gasteiger charge is 2.17. The molecule has 0 fully saturated rings. The summed E-state index contributed by atoms with van der Waals surface area (Å²) in [4.78, 5) is 11.0. The highest BCUT2D eigenvalue weighted by atomic mass is 32.2. The Morgan fingerprint density at radius 1 is 1.12 bits per heavy atom. The van der Waals surface area contributed by atoms with Gasteiger partial charge >= 0.3 is 0 Å². The zero-order valence-electron chi connectivity index (χ0n) is 13.6. The van der Waals surface area contributed by atoms with Crippen LogP contribution in [-0.4, -0.2) is 20.9 Å². The number of carbonyl (C=O) groups is 1. The van der Waals surface area contributed by atoms with Gasteiger partial charge < -0.3 is 10.5 Å². The molecule has 7 heteroatoms. The van der Waals surface area contributed by atoms with Crippen LogP contribution in [0.2, 0.25) is 0 Å². The fourth-order valence-corrected chi connectivity index (χ4v) is 3.18. The third-order valence-corrected chi connectivity index (χ3v) is 4.89. The van der Waals surface area contributed by atoms with Crippen LogP contribution in [0.1, 0.15) is 17.5 Å². The summed E-state index contributed by atoms with van der Waals surface area (Å²) < 4.78 is 33.1. The molecule has 1 amide bonds. The largest absolute Gasteiger partial charge is 0.491 e. The lowest BCUT2D eigenvalue weighted by Gasteiger charge is -2.14. The van der Waals surface area contributed by atoms with Crippen molar-refractivity contribution in [3.63, 3.8) is 0 Å². The Labute approximate surface area is 141 Å². The molecule has 0 unspecified atom stereocenters. The van der Waals surface area contributed by atoms with Gasteiger partial charge in [0.25, 0.3) is 10.0 Å². The van der Waals surface area contributed by atoms with Gasteiger partial charge in [0.05, 0.1) is 23.6 Å². The summed E-state index contributed by atoms with van der Waals surface area (Å²) in [6.45, 7) is 3.86. The van der Waals surface area contributed by atoms with Gasteiger partial charge in [0.1, 0.15) is 5.75 Å². The summed E-state index contributed by atoms with van der Waals surface area (Å²) in [6.07, 6.45) is 0.0538. The van der Waals surface area contributed by atoms with Crippen LogP contribution in [0.3, 0.4) is 0 Å². The average Bonchev–Trinajstić information content (AvgIpc) is 2.51. The van der Waals surface area contributed by atoms with E-state index in [2.05, 4.69) is 4.72 Å². The van der Waals surface area contributed by atoms with E-state index in [-0.39, 0.29) is 17.9 Å². The van der Waals surface area contributed by atoms with E-state index < -0.39 is 15.9 Å². The Balaban J connectivity index is 2.23. The van der Waals surface area contributed by atoms with Crippen LogP contribution in [0.25, 0.3) is 0 Å². The molecular formula is C17H20N2O4S. The summed E-state index contributed by atoms with van der Waals surface area (Å²) >= 11 is 0. The second-order valence-electron chi connectivity index (χ2n) is 5.41. The molecular weight excluding hydrogens is 328 g/mol. The highest BCUT2D eigenvalue weighted by molar-refractivity contribution is 7.92. The lowest BCUT2D eigenvalue weighted by Crippen LogP contribution is -2.16. The van der Waals surface area contributed by atoms with Crippen molar-refractivity contribution < 1.29 is 17.9 Å². The minimum absolute atomic E-state index is 0.0538. The fourth-order valence-electron chi connectivity index (χ4n) is 2.02. The van der Waals surface area contributed by atoms with Crippen molar-refractivity contribution in [1.29, 1.82) is 0 Å². The van der Waals surface area contributed by atoms with Gasteiger partial charge in [-0.1, -0.05) is 18.2 Å². The number of benzene rings is 2. The van der Waals surface area contributed by atoms with Gasteiger partial charge in [-0.2, -0.15) is 0 Å². The topological polar surface area (TPSA) is 98.5 Å². The molecule has 0 spiro atoms. The first-order chi connectivity index (χ1) is 11.3. The highest BCUT2D eigenvalue weighted by Crippen LogP contribution is 2.27. The van der Waals surface area contributed by atoms with Gasteiger partial charge in [0.2, 0.25) is 5.91 Å². The van der Waals surface area contributed by atoms with Crippen molar-refractivity contribution in [1.82, 2.24) is 0 Å². The molecule has 0 aromatic heterocycles. The summed E-state index contributed by atoms with van der Waals surface area (Å²) in [7, 11) is -3.74. The van der Waals surface area contributed by atoms with E-state index in [1.165, 1.54) is 0 Å². The molecule has 0 saturated heterocycles. The number of hydrogen-bond donors (Lipinski definition) is 2. The quantitative estimate of drug-likeness (QED) is 0.802. The van der Waals surface area contributed by atoms with Crippen molar-refractivity contribution in [2.24, 2.45) is 5.73 Å². The van der Waals surface area contributed by atoms with E-state index in [9.17, 15) is 13.2 Å². The van der Waals surface area contributed by atoms with E-state index in [0.29, 0.717) is 11.4 Å². The van der Waals surface area contributed by atoms with Crippen molar-refractivity contribution in [3.8, 4) is 5.75 Å². The zero-order valence-corrected chi connectivity index (χ0v) is 14.4. The minimum Gasteiger partial charge on any atom is -0.491 e. The van der Waals surface area contributed by atoms with Crippen LogP contribution in [-0.2, 0) is 14.8 Å². The second-order valence-corrected chi connectivity index (χ2v) is 7.09. The summed E-state index contributed by atoms with van der Waals surface area (Å²) in [5.74, 6) is -0.144. The molecule has 2 aromatic rings. The lowest BCUT2D eigenvalue weighted by molar-refractivity contribution is -0.118. The number of nitrogens with one attached hydrogen (secondary N) is 1. The van der Waals surface area contributed by atoms with Crippen LogP contribution in [0.15, 0.2) is 47.4 Å². The SMILES string of the molecule is Cc1ccc(S(=O)(=O)Nc2ccccc2OCCC(N)=O)cc1C. The van der Waals surface area contributed by atoms with E-state index in [1.54, 1.807) is 42.5 Å². The average molecular weight is 348 g/mol. The van der Waals surface area contributed by atoms with Gasteiger partial charge in [0, 0.05) is 0 Å². The van der Waals surface area contributed by atoms with Gasteiger partial charge in [0.15, 0.2) is 0 Å². The number of anilines is 1. The number of primary amides is 1. The van der Waals surface area contributed by atoms with Gasteiger partial charge in [-0.3, -0.25) is 9.52 Å². The van der Waals surface area contributed by atoms with Crippen LogP contribution >= 0.6 is 0 Å². The molecule has 0 bridgehead atoms. The first-order valence-electron chi connectivity index (χ1n) is 7.40. The fraction of sp³-hybridized carbons (Fsp3) is 0.235. The summed E-state index contributed by atoms with van der Waals surface area (Å²) in [5.41, 5.74) is 7.28. The Kier molecular flexibility index (Phi) is 5.46. The van der Waals surface area contributed by atoms with Crippen molar-refractivity contribution >= 4 is 21.6 Å². The molecule has 0 aliphatic heterocycles. The molecule has 0 aliphatic rings. The molecule has 3 N–H and O–H groups in total. The predicted molar refractivity (Wildman–Crippen MR) is 92.5 cm³/mol. The second kappa shape index (κ2) is 7.35. The normalized spacial score (nSPS) is 11.1. The molecule has 0 saturated carbocycles. The third kappa shape index (κ3) is 4.48. The molecule has 0 heterocycles. The van der Waals surface area contributed by atoms with Crippen LogP contribution in [0, 0.1) is 13.8 Å². The maximum absolute atomic E-state index is 12.6. The number of sulfonamides is 1. The van der Waals surface area contributed by atoms with Crippen molar-refractivity contribution in [2.45, 2.75) is 25.2 Å². The van der Waals surface area contributed by atoms with Gasteiger partial charge in [-0.05, 0) is 49.2 Å². The van der Waals surface area contributed by atoms with Gasteiger partial charge in [-0.15, -0.1) is 0 Å². The Morgan fingerprint density at radius 3 is 2.50 bits per heavy atom. The summed E-state index contributed by atoms with van der Waals surface area (Å²) in [5, 5.41) is 0. The monoisotopic (exact) mass is 348 g/mol. The Bertz CT molecular complexity index is 847. The molecule has 0 aliphatic carbocycles. The zero-order chi connectivity index (χ0) is 17.7. The van der Waals surface area contributed by atoms with E-state index in [1.807, 2.05) is 13.8 Å². The molecule has 128 valence electrons. The molecule has 6 nitrogen and oxygen atoms in total. The number of para-hydroxylation sites is 2. The summed E-state index contributed by atoms with van der Waals surface area (Å²) in [6, 6.07) is 11.6. The van der Waals surface area contributed by atoms with Crippen molar-refractivity contribution in [2.75, 3.05) is 11.3 Å². The maximum Gasteiger partial charge on any atom is 0.262 e. The van der Waals surface area contributed by atoms with E-state index in [0.717, 1.165) is 11.1 Å². The molecule has 2 rings (SSSR count). The number of nitrogens with two attached hydrogens (primary N) is 1. The van der Waals surface area contributed by atoms with E-state index in [4.69, 9.17) is 10.5 Å². The first kappa shape index (κ1) is 17.8. The standard InChI is InChI=1S/C17H20N2O4S/c1-12-7-8-14(11-13(12)2)24(21,22)19-15-5-3-4-6-16(15)23-10-9-17(18)20/h3-8,11,19H,9-10H2,1-2H3,(H2,18,20). The predicted octanol–water partition coefficient (Wildman–Crippen LogP) is 2.36. The number of hydrogen-bond acceptors (Lipinski definition) is 4.